The highest BCUT2D eigenvalue weighted by Crippen LogP contribution is 2.33. The molecular weight excluding hydrogens is 409 g/mol. The van der Waals surface area contributed by atoms with Crippen molar-refractivity contribution >= 4 is 40.0 Å². The van der Waals surface area contributed by atoms with Gasteiger partial charge in [-0.3, -0.25) is 14.6 Å². The van der Waals surface area contributed by atoms with Gasteiger partial charge in [-0.15, -0.1) is 0 Å². The van der Waals surface area contributed by atoms with E-state index in [1.165, 1.54) is 17.0 Å². The van der Waals surface area contributed by atoms with Crippen LogP contribution in [0, 0.1) is 5.82 Å². The first kappa shape index (κ1) is 20.3. The zero-order valence-electron chi connectivity index (χ0n) is 15.9. The number of aliphatic hydroxyl groups excluding tert-OH is 1. The Morgan fingerprint density at radius 2 is 1.93 bits per heavy atom. The number of rotatable bonds is 2. The Balaban J connectivity index is 1.46. The number of carbonyl (C=O) groups is 2. The first-order chi connectivity index (χ1) is 14.4. The summed E-state index contributed by atoms with van der Waals surface area (Å²) in [5.41, 5.74) is 1.88. The maximum absolute atomic E-state index is 13.7. The molecule has 0 aliphatic carbocycles. The molecule has 1 saturated heterocycles. The van der Waals surface area contributed by atoms with Gasteiger partial charge in [-0.05, 0) is 60.5 Å². The molecule has 4 rings (SSSR count). The number of carbonyl (C=O) groups excluding carboxylic acids is 2. The van der Waals surface area contributed by atoms with Crippen LogP contribution in [0.4, 0.5) is 10.1 Å². The molecule has 154 valence electrons. The summed E-state index contributed by atoms with van der Waals surface area (Å²) >= 11 is 5.82. The lowest BCUT2D eigenvalue weighted by atomic mass is 9.85. The average Bonchev–Trinajstić information content (AvgIpc) is 2.74. The number of likely N-dealkylation sites (tertiary alicyclic amines) is 1. The minimum absolute atomic E-state index is 0.0106. The van der Waals surface area contributed by atoms with Crippen molar-refractivity contribution in [3.63, 3.8) is 0 Å². The highest BCUT2D eigenvalue weighted by Gasteiger charge is 2.34. The van der Waals surface area contributed by atoms with Crippen LogP contribution in [0.1, 0.15) is 17.9 Å². The molecule has 2 amide bonds. The summed E-state index contributed by atoms with van der Waals surface area (Å²) in [4.78, 5) is 30.4. The summed E-state index contributed by atoms with van der Waals surface area (Å²) in [7, 11) is 0. The van der Waals surface area contributed by atoms with E-state index >= 15 is 0 Å². The number of anilines is 1. The minimum Gasteiger partial charge on any atom is -0.391 e. The summed E-state index contributed by atoms with van der Waals surface area (Å²) < 4.78 is 13.7. The first-order valence-electron chi connectivity index (χ1n) is 9.50. The number of β-amino-alcohol motifs (C(OH)–C–C–N with tert-alkyl or cyclic N) is 1. The largest absolute Gasteiger partial charge is 0.391 e. The molecule has 8 heteroatoms. The third-order valence-electron chi connectivity index (χ3n) is 5.30. The van der Waals surface area contributed by atoms with Crippen molar-refractivity contribution in [3.05, 3.63) is 71.1 Å². The van der Waals surface area contributed by atoms with Crippen LogP contribution in [-0.2, 0) is 9.59 Å². The van der Waals surface area contributed by atoms with E-state index in [1.807, 2.05) is 0 Å². The Labute approximate surface area is 177 Å². The standard InChI is InChI=1S/C22H19ClFN3O3/c23-13-1-4-15(5-2-13)26-21(29)22(30)27-10-8-17(20(28)12-27)16-7-9-25-19-6-3-14(24)11-18(16)19/h1-7,9,11,17,20,28H,8,10,12H2,(H,26,29)/t17-,20+/m0/s1. The molecule has 3 aromatic rings. The third kappa shape index (κ3) is 4.13. The number of benzene rings is 2. The summed E-state index contributed by atoms with van der Waals surface area (Å²) in [6.07, 6.45) is 1.18. The molecular formula is C22H19ClFN3O3. The number of amides is 2. The molecule has 0 unspecified atom stereocenters. The predicted molar refractivity (Wildman–Crippen MR) is 112 cm³/mol. The summed E-state index contributed by atoms with van der Waals surface area (Å²) in [6, 6.07) is 12.5. The molecule has 0 spiro atoms. The van der Waals surface area contributed by atoms with Gasteiger partial charge in [0.25, 0.3) is 0 Å². The Bertz CT molecular complexity index is 1110. The van der Waals surface area contributed by atoms with Crippen molar-refractivity contribution in [3.8, 4) is 0 Å². The van der Waals surface area contributed by atoms with Gasteiger partial charge in [0.1, 0.15) is 5.82 Å². The molecule has 0 saturated carbocycles. The lowest BCUT2D eigenvalue weighted by Gasteiger charge is -2.36. The maximum Gasteiger partial charge on any atom is 0.313 e. The lowest BCUT2D eigenvalue weighted by molar-refractivity contribution is -0.145. The van der Waals surface area contributed by atoms with Gasteiger partial charge in [0.15, 0.2) is 0 Å². The Morgan fingerprint density at radius 1 is 1.17 bits per heavy atom. The molecule has 2 aromatic carbocycles. The van der Waals surface area contributed by atoms with Crippen molar-refractivity contribution in [1.82, 2.24) is 9.88 Å². The highest BCUT2D eigenvalue weighted by molar-refractivity contribution is 6.39. The highest BCUT2D eigenvalue weighted by atomic mass is 35.5. The van der Waals surface area contributed by atoms with E-state index in [9.17, 15) is 19.1 Å². The van der Waals surface area contributed by atoms with Crippen LogP contribution in [0.15, 0.2) is 54.7 Å². The van der Waals surface area contributed by atoms with Gasteiger partial charge in [0.2, 0.25) is 0 Å². The maximum atomic E-state index is 13.7. The minimum atomic E-state index is -0.889. The monoisotopic (exact) mass is 427 g/mol. The number of halogens is 2. The van der Waals surface area contributed by atoms with E-state index in [4.69, 9.17) is 11.6 Å². The van der Waals surface area contributed by atoms with Crippen LogP contribution in [-0.4, -0.2) is 46.0 Å². The van der Waals surface area contributed by atoms with Crippen molar-refractivity contribution in [2.24, 2.45) is 0 Å². The molecule has 2 N–H and O–H groups in total. The van der Waals surface area contributed by atoms with Crippen molar-refractivity contribution < 1.29 is 19.1 Å². The number of aromatic nitrogens is 1. The van der Waals surface area contributed by atoms with Gasteiger partial charge >= 0.3 is 11.8 Å². The fourth-order valence-corrected chi connectivity index (χ4v) is 3.93. The van der Waals surface area contributed by atoms with E-state index in [-0.39, 0.29) is 18.3 Å². The second kappa shape index (κ2) is 8.38. The van der Waals surface area contributed by atoms with E-state index < -0.39 is 17.9 Å². The van der Waals surface area contributed by atoms with Crippen LogP contribution in [0.5, 0.6) is 0 Å². The van der Waals surface area contributed by atoms with E-state index in [0.29, 0.717) is 34.6 Å². The van der Waals surface area contributed by atoms with Gasteiger partial charge in [0.05, 0.1) is 11.6 Å². The van der Waals surface area contributed by atoms with Crippen molar-refractivity contribution in [2.45, 2.75) is 18.4 Å². The number of piperidine rings is 1. The summed E-state index contributed by atoms with van der Waals surface area (Å²) in [5, 5.41) is 14.4. The molecule has 1 aromatic heterocycles. The SMILES string of the molecule is O=C(Nc1ccc(Cl)cc1)C(=O)N1CC[C@@H](c2ccnc3ccc(F)cc23)[C@H](O)C1. The molecule has 2 heterocycles. The number of nitrogens with one attached hydrogen (secondary N) is 1. The Hall–Kier alpha value is -3.03. The lowest BCUT2D eigenvalue weighted by Crippen LogP contribution is -2.49. The molecule has 0 bridgehead atoms. The van der Waals surface area contributed by atoms with Gasteiger partial charge in [-0.2, -0.15) is 0 Å². The normalized spacial score (nSPS) is 19.0. The number of pyridine rings is 1. The first-order valence-corrected chi connectivity index (χ1v) is 9.88. The van der Waals surface area contributed by atoms with Gasteiger partial charge in [0, 0.05) is 41.3 Å². The number of fused-ring (bicyclic) bond motifs is 1. The molecule has 6 nitrogen and oxygen atoms in total. The molecule has 1 aliphatic rings. The van der Waals surface area contributed by atoms with Gasteiger partial charge in [-0.1, -0.05) is 11.6 Å². The number of hydrogen-bond acceptors (Lipinski definition) is 4. The second-order valence-corrected chi connectivity index (χ2v) is 7.67. The fraction of sp³-hybridized carbons (Fsp3) is 0.227. The quantitative estimate of drug-likeness (QED) is 0.614. The smallest absolute Gasteiger partial charge is 0.313 e. The summed E-state index contributed by atoms with van der Waals surface area (Å²) in [5.74, 6) is -2.16. The number of hydrogen-bond donors (Lipinski definition) is 2. The van der Waals surface area contributed by atoms with Crippen LogP contribution < -0.4 is 5.32 Å². The van der Waals surface area contributed by atoms with Gasteiger partial charge in [-0.25, -0.2) is 4.39 Å². The van der Waals surface area contributed by atoms with Crippen LogP contribution in [0.2, 0.25) is 5.02 Å². The van der Waals surface area contributed by atoms with Crippen LogP contribution >= 0.6 is 11.6 Å². The molecule has 30 heavy (non-hydrogen) atoms. The molecule has 2 atom stereocenters. The third-order valence-corrected chi connectivity index (χ3v) is 5.55. The average molecular weight is 428 g/mol. The molecule has 0 radical (unpaired) electrons. The van der Waals surface area contributed by atoms with Crippen molar-refractivity contribution in [2.75, 3.05) is 18.4 Å². The number of nitrogens with zero attached hydrogens (tertiary/aromatic N) is 2. The van der Waals surface area contributed by atoms with E-state index in [1.54, 1.807) is 42.6 Å². The zero-order chi connectivity index (χ0) is 21.3. The van der Waals surface area contributed by atoms with Crippen LogP contribution in [0.25, 0.3) is 10.9 Å². The van der Waals surface area contributed by atoms with Crippen LogP contribution in [0.3, 0.4) is 0 Å². The second-order valence-electron chi connectivity index (χ2n) is 7.24. The van der Waals surface area contributed by atoms with E-state index in [2.05, 4.69) is 10.3 Å². The van der Waals surface area contributed by atoms with Gasteiger partial charge < -0.3 is 15.3 Å². The van der Waals surface area contributed by atoms with E-state index in [0.717, 1.165) is 5.56 Å². The Morgan fingerprint density at radius 3 is 2.67 bits per heavy atom. The Kier molecular flexibility index (Phi) is 5.65. The predicted octanol–water partition coefficient (Wildman–Crippen LogP) is 3.34. The summed E-state index contributed by atoms with van der Waals surface area (Å²) in [6.45, 7) is 0.310. The molecule has 1 fully saturated rings. The fourth-order valence-electron chi connectivity index (χ4n) is 3.80. The zero-order valence-corrected chi connectivity index (χ0v) is 16.6. The van der Waals surface area contributed by atoms with Crippen molar-refractivity contribution in [1.29, 1.82) is 0 Å². The molecule has 1 aliphatic heterocycles. The topological polar surface area (TPSA) is 82.5 Å². The number of aliphatic hydroxyl groups is 1.